The molecule has 0 bridgehead atoms. The summed E-state index contributed by atoms with van der Waals surface area (Å²) in [5.41, 5.74) is 1.36. The topological polar surface area (TPSA) is 15.6 Å². The Labute approximate surface area is 111 Å². The van der Waals surface area contributed by atoms with Crippen LogP contribution in [0.1, 0.15) is 24.9 Å². The number of halogens is 1. The largest absolute Gasteiger partial charge is 0.341 e. The molecule has 2 aliphatic heterocycles. The predicted molar refractivity (Wildman–Crippen MR) is 74.9 cm³/mol. The van der Waals surface area contributed by atoms with Gasteiger partial charge in [-0.15, -0.1) is 0 Å². The van der Waals surface area contributed by atoms with Crippen molar-refractivity contribution in [3.63, 3.8) is 0 Å². The summed E-state index contributed by atoms with van der Waals surface area (Å²) in [5.74, 6) is 0. The number of hydrogen-bond acceptors (Lipinski definition) is 3. The maximum atomic E-state index is 5.96. The lowest BCUT2D eigenvalue weighted by molar-refractivity contribution is 0.347. The van der Waals surface area contributed by atoms with E-state index in [0.29, 0.717) is 11.3 Å². The van der Waals surface area contributed by atoms with Crippen molar-refractivity contribution in [3.05, 3.63) is 34.9 Å². The fourth-order valence-corrected chi connectivity index (χ4v) is 4.07. The van der Waals surface area contributed by atoms with Crippen molar-refractivity contribution in [1.29, 1.82) is 0 Å². The van der Waals surface area contributed by atoms with Crippen molar-refractivity contribution < 1.29 is 0 Å². The molecule has 2 unspecified atom stereocenters. The highest BCUT2D eigenvalue weighted by Crippen LogP contribution is 2.44. The third-order valence-corrected chi connectivity index (χ3v) is 5.11. The molecular formula is C13H15ClN2S. The molecule has 3 rings (SSSR count). The maximum Gasteiger partial charge on any atom is 0.160 e. The molecule has 0 aliphatic carbocycles. The first-order valence-corrected chi connectivity index (χ1v) is 7.28. The minimum Gasteiger partial charge on any atom is -0.341 e. The van der Waals surface area contributed by atoms with Crippen molar-refractivity contribution >= 4 is 28.5 Å². The van der Waals surface area contributed by atoms with Gasteiger partial charge in [0, 0.05) is 16.8 Å². The van der Waals surface area contributed by atoms with E-state index in [1.165, 1.54) is 17.2 Å². The number of amidine groups is 1. The highest BCUT2D eigenvalue weighted by molar-refractivity contribution is 8.14. The summed E-state index contributed by atoms with van der Waals surface area (Å²) in [4.78, 5) is 7.02. The minimum atomic E-state index is 0.475. The van der Waals surface area contributed by atoms with E-state index in [-0.39, 0.29) is 0 Å². The smallest absolute Gasteiger partial charge is 0.160 e. The molecule has 1 saturated heterocycles. The lowest BCUT2D eigenvalue weighted by Crippen LogP contribution is -2.28. The van der Waals surface area contributed by atoms with Crippen LogP contribution in [0, 0.1) is 0 Å². The van der Waals surface area contributed by atoms with Crippen LogP contribution >= 0.6 is 23.4 Å². The van der Waals surface area contributed by atoms with E-state index < -0.39 is 0 Å². The lowest BCUT2D eigenvalue weighted by Gasteiger charge is -2.25. The van der Waals surface area contributed by atoms with Crippen LogP contribution in [0.3, 0.4) is 0 Å². The van der Waals surface area contributed by atoms with Gasteiger partial charge in [-0.1, -0.05) is 42.4 Å². The van der Waals surface area contributed by atoms with Gasteiger partial charge in [0.2, 0.25) is 0 Å². The van der Waals surface area contributed by atoms with Gasteiger partial charge in [0.05, 0.1) is 12.6 Å². The molecule has 1 aromatic carbocycles. The average Bonchev–Trinajstić information content (AvgIpc) is 2.89. The number of nitrogens with zero attached hydrogens (tertiary/aromatic N) is 2. The van der Waals surface area contributed by atoms with Gasteiger partial charge in [-0.3, -0.25) is 4.99 Å². The second-order valence-corrected chi connectivity index (χ2v) is 6.06. The summed E-state index contributed by atoms with van der Waals surface area (Å²) in [6.45, 7) is 4.26. The van der Waals surface area contributed by atoms with Crippen LogP contribution in [0.4, 0.5) is 0 Å². The summed E-state index contributed by atoms with van der Waals surface area (Å²) < 4.78 is 0. The van der Waals surface area contributed by atoms with Crippen LogP contribution in [0.15, 0.2) is 29.3 Å². The van der Waals surface area contributed by atoms with Gasteiger partial charge in [0.25, 0.3) is 0 Å². The number of hydrogen-bond donors (Lipinski definition) is 0. The molecule has 2 nitrogen and oxygen atoms in total. The molecule has 2 heterocycles. The van der Waals surface area contributed by atoms with Crippen molar-refractivity contribution in [2.75, 3.05) is 13.1 Å². The number of thioether (sulfide) groups is 1. The standard InChI is InChI=1S/C13H15ClN2S/c1-2-11-12(9-3-5-10(14)6-4-9)16-8-7-15-13(16)17-11/h3-6,11-12H,2,7-8H2,1H3. The molecule has 0 aromatic heterocycles. The average molecular weight is 267 g/mol. The van der Waals surface area contributed by atoms with E-state index >= 15 is 0 Å². The van der Waals surface area contributed by atoms with Crippen molar-refractivity contribution in [2.24, 2.45) is 4.99 Å². The molecule has 4 heteroatoms. The van der Waals surface area contributed by atoms with E-state index in [1.807, 2.05) is 23.9 Å². The molecule has 0 radical (unpaired) electrons. The van der Waals surface area contributed by atoms with E-state index in [4.69, 9.17) is 11.6 Å². The van der Waals surface area contributed by atoms with Gasteiger partial charge < -0.3 is 4.90 Å². The molecular weight excluding hydrogens is 252 g/mol. The maximum absolute atomic E-state index is 5.96. The summed E-state index contributed by atoms with van der Waals surface area (Å²) >= 11 is 7.89. The Kier molecular flexibility index (Phi) is 3.05. The third-order valence-electron chi connectivity index (χ3n) is 3.39. The van der Waals surface area contributed by atoms with Gasteiger partial charge in [0.15, 0.2) is 5.17 Å². The van der Waals surface area contributed by atoms with Crippen LogP contribution < -0.4 is 0 Å². The Bertz CT molecular complexity index is 443. The van der Waals surface area contributed by atoms with Gasteiger partial charge in [-0.2, -0.15) is 0 Å². The fraction of sp³-hybridized carbons (Fsp3) is 0.462. The summed E-state index contributed by atoms with van der Waals surface area (Å²) in [5, 5.41) is 2.66. The molecule has 2 aliphatic rings. The SMILES string of the molecule is CCC1SC2=NCCN2C1c1ccc(Cl)cc1. The molecule has 1 aromatic rings. The van der Waals surface area contributed by atoms with Gasteiger partial charge in [-0.05, 0) is 24.1 Å². The molecule has 90 valence electrons. The molecule has 17 heavy (non-hydrogen) atoms. The number of aliphatic imine (C=N–C) groups is 1. The van der Waals surface area contributed by atoms with Crippen molar-refractivity contribution in [3.8, 4) is 0 Å². The van der Waals surface area contributed by atoms with E-state index in [1.54, 1.807) is 0 Å². The first kappa shape index (κ1) is 11.4. The zero-order chi connectivity index (χ0) is 11.8. The predicted octanol–water partition coefficient (Wildman–Crippen LogP) is 3.58. The molecule has 1 fully saturated rings. The van der Waals surface area contributed by atoms with Crippen LogP contribution in [-0.4, -0.2) is 28.4 Å². The Balaban J connectivity index is 1.94. The second kappa shape index (κ2) is 4.54. The molecule has 0 N–H and O–H groups in total. The van der Waals surface area contributed by atoms with E-state index in [2.05, 4.69) is 28.9 Å². The van der Waals surface area contributed by atoms with Gasteiger partial charge in [0.1, 0.15) is 0 Å². The highest BCUT2D eigenvalue weighted by atomic mass is 35.5. The summed E-state index contributed by atoms with van der Waals surface area (Å²) in [6, 6.07) is 8.75. The van der Waals surface area contributed by atoms with Crippen molar-refractivity contribution in [1.82, 2.24) is 4.90 Å². The highest BCUT2D eigenvalue weighted by Gasteiger charge is 2.40. The first-order valence-electron chi connectivity index (χ1n) is 6.03. The Morgan fingerprint density at radius 2 is 2.18 bits per heavy atom. The van der Waals surface area contributed by atoms with Gasteiger partial charge in [-0.25, -0.2) is 0 Å². The van der Waals surface area contributed by atoms with E-state index in [9.17, 15) is 0 Å². The number of benzene rings is 1. The number of rotatable bonds is 2. The van der Waals surface area contributed by atoms with Crippen LogP contribution in [0.5, 0.6) is 0 Å². The summed E-state index contributed by atoms with van der Waals surface area (Å²) in [6.07, 6.45) is 1.17. The van der Waals surface area contributed by atoms with E-state index in [0.717, 1.165) is 18.1 Å². The number of fused-ring (bicyclic) bond motifs is 1. The first-order chi connectivity index (χ1) is 8.29. The second-order valence-electron chi connectivity index (χ2n) is 4.42. The zero-order valence-electron chi connectivity index (χ0n) is 9.77. The fourth-order valence-electron chi connectivity index (χ4n) is 2.56. The molecule has 0 spiro atoms. The summed E-state index contributed by atoms with van der Waals surface area (Å²) in [7, 11) is 0. The van der Waals surface area contributed by atoms with Crippen LogP contribution in [0.25, 0.3) is 0 Å². The Morgan fingerprint density at radius 1 is 1.41 bits per heavy atom. The molecule has 0 amide bonds. The molecule has 2 atom stereocenters. The Morgan fingerprint density at radius 3 is 2.88 bits per heavy atom. The monoisotopic (exact) mass is 266 g/mol. The van der Waals surface area contributed by atoms with Crippen molar-refractivity contribution in [2.45, 2.75) is 24.6 Å². The normalized spacial score (nSPS) is 27.2. The van der Waals surface area contributed by atoms with Gasteiger partial charge >= 0.3 is 0 Å². The quantitative estimate of drug-likeness (QED) is 0.813. The molecule has 0 saturated carbocycles. The zero-order valence-corrected chi connectivity index (χ0v) is 11.3. The Hall–Kier alpha value is -0.670. The van der Waals surface area contributed by atoms with Crippen LogP contribution in [0.2, 0.25) is 5.02 Å². The third kappa shape index (κ3) is 1.95. The van der Waals surface area contributed by atoms with Crippen LogP contribution in [-0.2, 0) is 0 Å². The lowest BCUT2D eigenvalue weighted by atomic mass is 10.0. The minimum absolute atomic E-state index is 0.475.